The third-order valence-corrected chi connectivity index (χ3v) is 5.76. The minimum Gasteiger partial charge on any atom is -0.767 e. The molecule has 7 nitrogen and oxygen atoms in total. The Labute approximate surface area is 154 Å². The second-order valence-corrected chi connectivity index (χ2v) is 9.30. The first-order valence-corrected chi connectivity index (χ1v) is 9.81. The molecule has 0 heterocycles. The fraction of sp³-hybridized carbons (Fsp3) is 0.600. The summed E-state index contributed by atoms with van der Waals surface area (Å²) in [5, 5.41) is 0. The molecule has 26 heavy (non-hydrogen) atoms. The summed E-state index contributed by atoms with van der Waals surface area (Å²) in [7, 11) is -3.13. The molecule has 1 aromatic carbocycles. The van der Waals surface area contributed by atoms with Gasteiger partial charge in [-0.15, -0.1) is 0 Å². The van der Waals surface area contributed by atoms with E-state index < -0.39 is 31.5 Å². The quantitative estimate of drug-likeness (QED) is 0.475. The number of benzene rings is 1. The Hall–Kier alpha value is -1.14. The second kappa shape index (κ2) is 8.26. The Morgan fingerprint density at radius 2 is 1.50 bits per heavy atom. The maximum atomic E-state index is 13.5. The molecular formula is C15H21F2O7S2-. The summed E-state index contributed by atoms with van der Waals surface area (Å²) < 4.78 is 81.3. The lowest BCUT2D eigenvalue weighted by molar-refractivity contribution is 0.160. The highest BCUT2D eigenvalue weighted by Gasteiger charge is 2.50. The summed E-state index contributed by atoms with van der Waals surface area (Å²) >= 11 is -4.22. The van der Waals surface area contributed by atoms with Gasteiger partial charge >= 0.3 is 14.7 Å². The molecule has 0 amide bonds. The van der Waals surface area contributed by atoms with Crippen LogP contribution in [0.4, 0.5) is 8.78 Å². The molecule has 11 heteroatoms. The summed E-state index contributed by atoms with van der Waals surface area (Å²) in [6, 6.07) is 3.11. The number of ether oxygens (including phenoxy) is 2. The number of methoxy groups -OCH3 is 2. The SMILES string of the molecule is COCc1cc(C(C)(C)C)cc(COC)c1OS(=O)(=O)C(F)(F)S(=O)[O-]. The van der Waals surface area contributed by atoms with Crippen LogP contribution < -0.4 is 4.18 Å². The van der Waals surface area contributed by atoms with E-state index in [0.717, 1.165) is 5.56 Å². The van der Waals surface area contributed by atoms with Crippen molar-refractivity contribution in [1.82, 2.24) is 0 Å². The van der Waals surface area contributed by atoms with Gasteiger partial charge < -0.3 is 18.2 Å². The number of hydrogen-bond donors (Lipinski definition) is 0. The normalized spacial score (nSPS) is 14.3. The van der Waals surface area contributed by atoms with Gasteiger partial charge in [0.15, 0.2) is 5.75 Å². The highest BCUT2D eigenvalue weighted by molar-refractivity contribution is 8.02. The van der Waals surface area contributed by atoms with E-state index in [4.69, 9.17) is 9.47 Å². The third kappa shape index (κ3) is 4.97. The molecule has 0 aliphatic carbocycles. The lowest BCUT2D eigenvalue weighted by atomic mass is 9.85. The molecule has 1 atom stereocenters. The van der Waals surface area contributed by atoms with Crippen LogP contribution in [0.25, 0.3) is 0 Å². The molecule has 0 fully saturated rings. The minimum atomic E-state index is -5.80. The molecule has 0 saturated carbocycles. The average Bonchev–Trinajstić information content (AvgIpc) is 2.49. The maximum Gasteiger partial charge on any atom is 0.443 e. The predicted molar refractivity (Wildman–Crippen MR) is 90.0 cm³/mol. The van der Waals surface area contributed by atoms with Crippen LogP contribution in [0.5, 0.6) is 5.75 Å². The van der Waals surface area contributed by atoms with Crippen LogP contribution in [0.2, 0.25) is 0 Å². The highest BCUT2D eigenvalue weighted by atomic mass is 32.3. The van der Waals surface area contributed by atoms with Gasteiger partial charge in [0.25, 0.3) is 0 Å². The molecule has 0 bridgehead atoms. The summed E-state index contributed by atoms with van der Waals surface area (Å²) in [4.78, 5) is 0. The van der Waals surface area contributed by atoms with Crippen molar-refractivity contribution in [2.24, 2.45) is 0 Å². The van der Waals surface area contributed by atoms with E-state index in [1.54, 1.807) is 12.1 Å². The van der Waals surface area contributed by atoms with Gasteiger partial charge in [-0.3, -0.25) is 4.21 Å². The van der Waals surface area contributed by atoms with Gasteiger partial charge in [0.05, 0.1) is 13.2 Å². The number of hydrogen-bond acceptors (Lipinski definition) is 7. The lowest BCUT2D eigenvalue weighted by Crippen LogP contribution is -2.37. The molecule has 0 aliphatic heterocycles. The molecule has 1 rings (SSSR count). The molecule has 0 saturated heterocycles. The molecule has 0 radical (unpaired) electrons. The van der Waals surface area contributed by atoms with Crippen LogP contribution >= 0.6 is 0 Å². The Balaban J connectivity index is 3.60. The second-order valence-electron chi connectivity index (χ2n) is 6.48. The van der Waals surface area contributed by atoms with Crippen LogP contribution in [0.3, 0.4) is 0 Å². The number of halogens is 2. The summed E-state index contributed by atoms with van der Waals surface area (Å²) in [6.45, 7) is 5.43. The van der Waals surface area contributed by atoms with E-state index in [0.29, 0.717) is 0 Å². The van der Waals surface area contributed by atoms with Crippen LogP contribution in [-0.4, -0.2) is 36.0 Å². The van der Waals surface area contributed by atoms with E-state index in [1.165, 1.54) is 14.2 Å². The van der Waals surface area contributed by atoms with Crippen LogP contribution in [0, 0.1) is 0 Å². The fourth-order valence-corrected chi connectivity index (χ4v) is 3.36. The van der Waals surface area contributed by atoms with Gasteiger partial charge in [0, 0.05) is 36.4 Å². The summed E-state index contributed by atoms with van der Waals surface area (Å²) in [5.41, 5.74) is 0.759. The maximum absolute atomic E-state index is 13.5. The Bertz CT molecular complexity index is 744. The minimum absolute atomic E-state index is 0.141. The zero-order chi connectivity index (χ0) is 20.3. The van der Waals surface area contributed by atoms with E-state index in [9.17, 15) is 26.0 Å². The van der Waals surface area contributed by atoms with Crippen molar-refractivity contribution in [3.63, 3.8) is 0 Å². The van der Waals surface area contributed by atoms with Gasteiger partial charge in [0.1, 0.15) is 0 Å². The van der Waals surface area contributed by atoms with Gasteiger partial charge in [-0.05, 0) is 23.1 Å². The van der Waals surface area contributed by atoms with E-state index >= 15 is 0 Å². The van der Waals surface area contributed by atoms with Crippen molar-refractivity contribution in [3.05, 3.63) is 28.8 Å². The van der Waals surface area contributed by atoms with Gasteiger partial charge in [-0.1, -0.05) is 20.8 Å². The topological polar surface area (TPSA) is 102 Å². The van der Waals surface area contributed by atoms with Crippen LogP contribution in [0.1, 0.15) is 37.5 Å². The number of rotatable bonds is 8. The lowest BCUT2D eigenvalue weighted by Gasteiger charge is -2.25. The number of alkyl halides is 2. The first-order chi connectivity index (χ1) is 11.8. The molecule has 0 N–H and O–H groups in total. The predicted octanol–water partition coefficient (Wildman–Crippen LogP) is 2.41. The van der Waals surface area contributed by atoms with Crippen LogP contribution in [-0.2, 0) is 49.3 Å². The first kappa shape index (κ1) is 22.9. The van der Waals surface area contributed by atoms with Crippen molar-refractivity contribution < 1.29 is 39.6 Å². The van der Waals surface area contributed by atoms with Crippen molar-refractivity contribution in [1.29, 1.82) is 0 Å². The summed E-state index contributed by atoms with van der Waals surface area (Å²) in [6.07, 6.45) is 0. The Morgan fingerprint density at radius 1 is 1.08 bits per heavy atom. The van der Waals surface area contributed by atoms with Gasteiger partial charge in [-0.2, -0.15) is 17.2 Å². The Kier molecular flexibility index (Phi) is 7.27. The standard InChI is InChI=1S/C15H22F2O7S2/c1-14(2,3)12-6-10(8-22-4)13(11(7-12)9-23-5)24-26(20,21)15(16,17)25(18)19/h6-7H,8-9H2,1-5H3,(H,18,19)/p-1. The first-order valence-electron chi connectivity index (χ1n) is 7.33. The van der Waals surface area contributed by atoms with Crippen molar-refractivity contribution in [2.75, 3.05) is 14.2 Å². The molecule has 1 aromatic rings. The molecule has 1 unspecified atom stereocenters. The van der Waals surface area contributed by atoms with Crippen LogP contribution in [0.15, 0.2) is 12.1 Å². The van der Waals surface area contributed by atoms with Crippen molar-refractivity contribution >= 4 is 21.2 Å². The molecule has 0 aromatic heterocycles. The molecule has 150 valence electrons. The fourth-order valence-electron chi connectivity index (χ4n) is 2.06. The summed E-state index contributed by atoms with van der Waals surface area (Å²) in [5.74, 6) is -0.438. The zero-order valence-corrected chi connectivity index (χ0v) is 16.6. The average molecular weight is 415 g/mol. The third-order valence-electron chi connectivity index (χ3n) is 3.39. The van der Waals surface area contributed by atoms with E-state index in [2.05, 4.69) is 4.18 Å². The monoisotopic (exact) mass is 415 g/mol. The van der Waals surface area contributed by atoms with E-state index in [-0.39, 0.29) is 29.8 Å². The van der Waals surface area contributed by atoms with Gasteiger partial charge in [-0.25, -0.2) is 0 Å². The largest absolute Gasteiger partial charge is 0.767 e. The Morgan fingerprint density at radius 3 is 1.81 bits per heavy atom. The van der Waals surface area contributed by atoms with Crippen molar-refractivity contribution in [3.8, 4) is 5.75 Å². The molecular weight excluding hydrogens is 394 g/mol. The zero-order valence-electron chi connectivity index (χ0n) is 15.0. The molecule has 0 aliphatic rings. The molecule has 0 spiro atoms. The van der Waals surface area contributed by atoms with Crippen molar-refractivity contribution in [2.45, 2.75) is 44.0 Å². The highest BCUT2D eigenvalue weighted by Crippen LogP contribution is 2.36. The van der Waals surface area contributed by atoms with Gasteiger partial charge in [0.2, 0.25) is 0 Å². The smallest absolute Gasteiger partial charge is 0.443 e. The van der Waals surface area contributed by atoms with E-state index in [1.807, 2.05) is 20.8 Å².